The smallest absolute Gasteiger partial charge is 0.274 e. The van der Waals surface area contributed by atoms with Gasteiger partial charge in [-0.2, -0.15) is 0 Å². The lowest BCUT2D eigenvalue weighted by Gasteiger charge is -2.35. The van der Waals surface area contributed by atoms with Gasteiger partial charge in [0.1, 0.15) is 23.0 Å². The number of hydrogen-bond donors (Lipinski definition) is 2. The summed E-state index contributed by atoms with van der Waals surface area (Å²) in [5, 5.41) is 5.98. The van der Waals surface area contributed by atoms with E-state index in [9.17, 15) is 9.59 Å². The molecule has 2 saturated carbocycles. The molecule has 2 unspecified atom stereocenters. The maximum Gasteiger partial charge on any atom is 0.274 e. The van der Waals surface area contributed by atoms with Crippen molar-refractivity contribution in [1.29, 1.82) is 0 Å². The fourth-order valence-corrected chi connectivity index (χ4v) is 5.16. The van der Waals surface area contributed by atoms with E-state index in [1.807, 2.05) is 60.5 Å². The summed E-state index contributed by atoms with van der Waals surface area (Å²) in [6, 6.07) is 11.0. The highest BCUT2D eigenvalue weighted by molar-refractivity contribution is 5.87. The number of amides is 1. The second-order valence-corrected chi connectivity index (χ2v) is 10.5. The third-order valence-corrected chi connectivity index (χ3v) is 7.61. The molecular formula is C31H38N6O4. The van der Waals surface area contributed by atoms with Gasteiger partial charge in [-0.1, -0.05) is 13.8 Å². The van der Waals surface area contributed by atoms with Crippen molar-refractivity contribution in [2.24, 2.45) is 13.0 Å². The predicted octanol–water partition coefficient (Wildman–Crippen LogP) is 5.95. The summed E-state index contributed by atoms with van der Waals surface area (Å²) >= 11 is 0. The van der Waals surface area contributed by atoms with Gasteiger partial charge in [-0.15, -0.1) is 0 Å². The Morgan fingerprint density at radius 1 is 1.07 bits per heavy atom. The zero-order valence-corrected chi connectivity index (χ0v) is 24.3. The molecule has 0 saturated heterocycles. The molecule has 0 aliphatic heterocycles. The van der Waals surface area contributed by atoms with Gasteiger partial charge >= 0.3 is 0 Å². The van der Waals surface area contributed by atoms with Gasteiger partial charge < -0.3 is 29.2 Å². The van der Waals surface area contributed by atoms with Crippen LogP contribution in [-0.2, 0) is 23.1 Å². The van der Waals surface area contributed by atoms with Crippen LogP contribution in [0.15, 0.2) is 53.6 Å². The van der Waals surface area contributed by atoms with Gasteiger partial charge in [-0.05, 0) is 61.4 Å². The number of fused-ring (bicyclic) bond motifs is 1. The quantitative estimate of drug-likeness (QED) is 0.261. The van der Waals surface area contributed by atoms with Crippen LogP contribution in [0, 0.1) is 5.92 Å². The lowest BCUT2D eigenvalue weighted by molar-refractivity contribution is -0.114. The van der Waals surface area contributed by atoms with Crippen LogP contribution < -0.4 is 20.9 Å². The van der Waals surface area contributed by atoms with Crippen molar-refractivity contribution < 1.29 is 14.3 Å². The minimum atomic E-state index is -0.201. The van der Waals surface area contributed by atoms with E-state index in [2.05, 4.69) is 15.6 Å². The van der Waals surface area contributed by atoms with Crippen LogP contribution in [0.1, 0.15) is 57.9 Å². The van der Waals surface area contributed by atoms with Crippen molar-refractivity contribution >= 4 is 34.4 Å². The number of nitrogens with zero attached hydrogens (tertiary/aromatic N) is 4. The first-order valence-corrected chi connectivity index (χ1v) is 14.3. The van der Waals surface area contributed by atoms with Crippen molar-refractivity contribution in [3.05, 3.63) is 64.7 Å². The Bertz CT molecular complexity index is 1600. The summed E-state index contributed by atoms with van der Waals surface area (Å²) in [6.45, 7) is 6.09. The molecule has 1 amide bonds. The average Bonchev–Trinajstić information content (AvgIpc) is 3.75. The molecule has 0 bridgehead atoms. The van der Waals surface area contributed by atoms with E-state index >= 15 is 0 Å². The number of anilines is 3. The molecule has 3 heterocycles. The van der Waals surface area contributed by atoms with Gasteiger partial charge in [-0.25, -0.2) is 9.97 Å². The van der Waals surface area contributed by atoms with Crippen LogP contribution in [0.25, 0.3) is 11.0 Å². The number of imidazole rings is 1. The van der Waals surface area contributed by atoms with Gasteiger partial charge in [0.2, 0.25) is 11.9 Å². The molecule has 3 aromatic heterocycles. The highest BCUT2D eigenvalue weighted by Gasteiger charge is 2.32. The molecule has 6 rings (SSSR count). The van der Waals surface area contributed by atoms with E-state index in [1.54, 1.807) is 25.4 Å². The summed E-state index contributed by atoms with van der Waals surface area (Å²) < 4.78 is 15.4. The number of methoxy groups -OCH3 is 1. The predicted molar refractivity (Wildman–Crippen MR) is 160 cm³/mol. The molecule has 4 aromatic rings. The number of carbonyl (C=O) groups excluding carboxylic acids is 1. The molecule has 0 spiro atoms. The number of aryl methyl sites for hydroxylation is 1. The standard InChI is InChI=1S/C29H32N6O4.C2H6/c1-17(36)31-27-14-22(10-11-30-27)39-21-7-8-23-25(13-21)34(2)29(32-23)33-24-12-20(18-4-5-18)16-35(28(24)37)15-19-6-9-26(19)38-3;1-2/h7-8,10-14,16,18-19,26H,4-6,9,15H2,1-3H3,(H,32,33)(H,30,31,36);1-2H3. The number of pyridine rings is 2. The Labute approximate surface area is 239 Å². The van der Waals surface area contributed by atoms with Crippen molar-refractivity contribution in [3.63, 3.8) is 0 Å². The van der Waals surface area contributed by atoms with Crippen LogP contribution in [0.2, 0.25) is 0 Å². The first-order chi connectivity index (χ1) is 19.9. The SMILES string of the molecule is CC.COC1CCC1Cn1cc(C2CC2)cc(Nc2nc3ccc(Oc4ccnc(NC(C)=O)c4)cc3n2C)c1=O. The Kier molecular flexibility index (Phi) is 8.39. The zero-order chi connectivity index (χ0) is 29.1. The number of benzene rings is 1. The van der Waals surface area contributed by atoms with Crippen molar-refractivity contribution in [3.8, 4) is 11.5 Å². The molecule has 2 atom stereocenters. The highest BCUT2D eigenvalue weighted by atomic mass is 16.5. The Morgan fingerprint density at radius 2 is 1.85 bits per heavy atom. The first kappa shape index (κ1) is 28.4. The molecule has 2 aliphatic rings. The number of ether oxygens (including phenoxy) is 2. The van der Waals surface area contributed by atoms with Gasteiger partial charge in [-0.3, -0.25) is 9.59 Å². The van der Waals surface area contributed by atoms with E-state index in [-0.39, 0.29) is 17.6 Å². The van der Waals surface area contributed by atoms with Crippen LogP contribution in [0.5, 0.6) is 11.5 Å². The first-order valence-electron chi connectivity index (χ1n) is 14.3. The van der Waals surface area contributed by atoms with E-state index in [0.29, 0.717) is 47.3 Å². The van der Waals surface area contributed by atoms with Gasteiger partial charge in [0.05, 0.1) is 17.1 Å². The normalized spacial score (nSPS) is 17.8. The minimum absolute atomic E-state index is 0.0510. The van der Waals surface area contributed by atoms with Crippen LogP contribution >= 0.6 is 0 Å². The molecule has 10 heteroatoms. The van der Waals surface area contributed by atoms with Crippen molar-refractivity contribution in [1.82, 2.24) is 19.1 Å². The Morgan fingerprint density at radius 3 is 2.54 bits per heavy atom. The number of aromatic nitrogens is 4. The minimum Gasteiger partial charge on any atom is -0.457 e. The summed E-state index contributed by atoms with van der Waals surface area (Å²) in [5.41, 5.74) is 3.30. The zero-order valence-electron chi connectivity index (χ0n) is 24.3. The fourth-order valence-electron chi connectivity index (χ4n) is 5.16. The molecule has 2 aliphatic carbocycles. The van der Waals surface area contributed by atoms with Crippen LogP contribution in [0.4, 0.5) is 17.5 Å². The number of rotatable bonds is 9. The summed E-state index contributed by atoms with van der Waals surface area (Å²) in [6.07, 6.45) is 8.26. The van der Waals surface area contributed by atoms with E-state index < -0.39 is 0 Å². The highest BCUT2D eigenvalue weighted by Crippen LogP contribution is 2.41. The van der Waals surface area contributed by atoms with Gasteiger partial charge in [0, 0.05) is 58.1 Å². The number of nitrogens with one attached hydrogen (secondary N) is 2. The maximum atomic E-state index is 13.5. The molecular weight excluding hydrogens is 520 g/mol. The monoisotopic (exact) mass is 558 g/mol. The van der Waals surface area contributed by atoms with Gasteiger partial charge in [0.15, 0.2) is 0 Å². The molecule has 0 radical (unpaired) electrons. The second kappa shape index (κ2) is 12.1. The van der Waals surface area contributed by atoms with Crippen LogP contribution in [0.3, 0.4) is 0 Å². The van der Waals surface area contributed by atoms with Crippen LogP contribution in [-0.4, -0.2) is 38.2 Å². The summed E-state index contributed by atoms with van der Waals surface area (Å²) in [7, 11) is 3.65. The topological polar surface area (TPSA) is 112 Å². The lowest BCUT2D eigenvalue weighted by Crippen LogP contribution is -2.38. The van der Waals surface area contributed by atoms with E-state index in [0.717, 1.165) is 36.7 Å². The number of carbonyl (C=O) groups is 1. The van der Waals surface area contributed by atoms with E-state index in [4.69, 9.17) is 14.5 Å². The molecule has 1 aromatic carbocycles. The maximum absolute atomic E-state index is 13.5. The fraction of sp³-hybridized carbons (Fsp3) is 0.419. The largest absolute Gasteiger partial charge is 0.457 e. The van der Waals surface area contributed by atoms with E-state index in [1.165, 1.54) is 12.5 Å². The molecule has 41 heavy (non-hydrogen) atoms. The average molecular weight is 559 g/mol. The van der Waals surface area contributed by atoms with Gasteiger partial charge in [0.25, 0.3) is 5.56 Å². The summed E-state index contributed by atoms with van der Waals surface area (Å²) in [4.78, 5) is 33.7. The number of hydrogen-bond acceptors (Lipinski definition) is 7. The molecule has 10 nitrogen and oxygen atoms in total. The second-order valence-electron chi connectivity index (χ2n) is 10.5. The van der Waals surface area contributed by atoms with Crippen molar-refractivity contribution in [2.45, 2.75) is 65.0 Å². The molecule has 2 N–H and O–H groups in total. The Hall–Kier alpha value is -4.18. The third kappa shape index (κ3) is 6.27. The third-order valence-electron chi connectivity index (χ3n) is 7.61. The van der Waals surface area contributed by atoms with Crippen molar-refractivity contribution in [2.75, 3.05) is 17.7 Å². The molecule has 2 fully saturated rings. The Balaban J connectivity index is 0.00000165. The molecule has 216 valence electrons. The summed E-state index contributed by atoms with van der Waals surface area (Å²) in [5.74, 6) is 2.83. The lowest BCUT2D eigenvalue weighted by atomic mass is 9.81.